The summed E-state index contributed by atoms with van der Waals surface area (Å²) < 4.78 is 5.18. The van der Waals surface area contributed by atoms with Gasteiger partial charge in [0.05, 0.1) is 12.1 Å². The molecule has 0 bridgehead atoms. The van der Waals surface area contributed by atoms with E-state index in [9.17, 15) is 4.79 Å². The molecule has 4 nitrogen and oxygen atoms in total. The number of nitrogens with two attached hydrogens (primary N) is 1. The first kappa shape index (κ1) is 14.4. The molecule has 1 amide bonds. The lowest BCUT2D eigenvalue weighted by atomic mass is 10.1. The van der Waals surface area contributed by atoms with Crippen molar-refractivity contribution < 1.29 is 9.53 Å². The van der Waals surface area contributed by atoms with Crippen LogP contribution in [0.4, 0.5) is 0 Å². The van der Waals surface area contributed by atoms with Crippen molar-refractivity contribution in [3.8, 4) is 5.75 Å². The molecule has 3 N–H and O–H groups in total. The summed E-state index contributed by atoms with van der Waals surface area (Å²) in [6.45, 7) is 2.50. The van der Waals surface area contributed by atoms with Gasteiger partial charge in [0.15, 0.2) is 0 Å². The van der Waals surface area contributed by atoms with Crippen molar-refractivity contribution in [3.63, 3.8) is 0 Å². The van der Waals surface area contributed by atoms with Crippen LogP contribution < -0.4 is 15.8 Å². The number of hydrogen-bond donors (Lipinski definition) is 2. The fourth-order valence-electron chi connectivity index (χ4n) is 1.53. The first-order valence-electron chi connectivity index (χ1n) is 5.75. The minimum atomic E-state index is -0.115. The smallest absolute Gasteiger partial charge is 0.251 e. The predicted molar refractivity (Wildman–Crippen MR) is 76.1 cm³/mol. The van der Waals surface area contributed by atoms with E-state index >= 15 is 0 Å². The molecule has 98 valence electrons. The van der Waals surface area contributed by atoms with E-state index in [1.54, 1.807) is 19.2 Å². The molecule has 0 atom stereocenters. The first-order chi connectivity index (χ1) is 8.54. The molecule has 5 heteroatoms. The lowest BCUT2D eigenvalue weighted by Gasteiger charge is -2.08. The van der Waals surface area contributed by atoms with Crippen LogP contribution in [0.15, 0.2) is 18.2 Å². The molecule has 0 aliphatic heterocycles. The summed E-state index contributed by atoms with van der Waals surface area (Å²) in [5.74, 6) is 0.599. The van der Waals surface area contributed by atoms with Crippen LogP contribution in [0.2, 0.25) is 0 Å². The van der Waals surface area contributed by atoms with Gasteiger partial charge in [-0.15, -0.1) is 0 Å². The summed E-state index contributed by atoms with van der Waals surface area (Å²) in [5.41, 5.74) is 6.97. The van der Waals surface area contributed by atoms with E-state index in [0.29, 0.717) is 29.3 Å². The standard InChI is InChI=1S/C13H18N2O2S/c1-9-5-6-10(8-11(9)17-2)13(16)15-7-3-4-12(14)18/h5-6,8H,3-4,7H2,1-2H3,(H2,14,18)(H,15,16). The molecular weight excluding hydrogens is 248 g/mol. The van der Waals surface area contributed by atoms with Gasteiger partial charge in [-0.1, -0.05) is 18.3 Å². The molecule has 0 aromatic heterocycles. The number of amides is 1. The molecule has 0 saturated carbocycles. The van der Waals surface area contributed by atoms with E-state index in [2.05, 4.69) is 5.32 Å². The first-order valence-corrected chi connectivity index (χ1v) is 6.16. The van der Waals surface area contributed by atoms with Crippen molar-refractivity contribution in [2.45, 2.75) is 19.8 Å². The Morgan fingerprint density at radius 3 is 2.83 bits per heavy atom. The minimum absolute atomic E-state index is 0.115. The number of aryl methyl sites for hydroxylation is 1. The van der Waals surface area contributed by atoms with Gasteiger partial charge in [0.1, 0.15) is 5.75 Å². The Hall–Kier alpha value is -1.62. The molecule has 1 rings (SSSR count). The number of carbonyl (C=O) groups is 1. The Balaban J connectivity index is 2.53. The van der Waals surface area contributed by atoms with Crippen molar-refractivity contribution >= 4 is 23.1 Å². The Labute approximate surface area is 113 Å². The molecule has 18 heavy (non-hydrogen) atoms. The quantitative estimate of drug-likeness (QED) is 0.609. The van der Waals surface area contributed by atoms with Crippen LogP contribution in [-0.4, -0.2) is 24.6 Å². The summed E-state index contributed by atoms with van der Waals surface area (Å²) in [7, 11) is 1.59. The normalized spacial score (nSPS) is 9.89. The second-order valence-electron chi connectivity index (χ2n) is 4.01. The third-order valence-corrected chi connectivity index (χ3v) is 2.76. The summed E-state index contributed by atoms with van der Waals surface area (Å²) in [5, 5.41) is 2.82. The Morgan fingerprint density at radius 2 is 2.22 bits per heavy atom. The lowest BCUT2D eigenvalue weighted by molar-refractivity contribution is 0.0953. The Kier molecular flexibility index (Phi) is 5.58. The molecular formula is C13H18N2O2S. The highest BCUT2D eigenvalue weighted by molar-refractivity contribution is 7.80. The third kappa shape index (κ3) is 4.33. The van der Waals surface area contributed by atoms with E-state index in [1.165, 1.54) is 0 Å². The van der Waals surface area contributed by atoms with Gasteiger partial charge < -0.3 is 15.8 Å². The highest BCUT2D eigenvalue weighted by Crippen LogP contribution is 2.18. The number of carbonyl (C=O) groups excluding carboxylic acids is 1. The third-order valence-electron chi connectivity index (χ3n) is 2.56. The van der Waals surface area contributed by atoms with E-state index in [4.69, 9.17) is 22.7 Å². The molecule has 0 heterocycles. The van der Waals surface area contributed by atoms with Crippen LogP contribution in [0.1, 0.15) is 28.8 Å². The maximum absolute atomic E-state index is 11.8. The maximum Gasteiger partial charge on any atom is 0.251 e. The number of rotatable bonds is 6. The van der Waals surface area contributed by atoms with Gasteiger partial charge in [0, 0.05) is 12.1 Å². The Morgan fingerprint density at radius 1 is 1.50 bits per heavy atom. The zero-order valence-electron chi connectivity index (χ0n) is 10.7. The fraction of sp³-hybridized carbons (Fsp3) is 0.385. The van der Waals surface area contributed by atoms with Gasteiger partial charge in [0.25, 0.3) is 5.91 Å². The van der Waals surface area contributed by atoms with Gasteiger partial charge in [-0.3, -0.25) is 4.79 Å². The number of methoxy groups -OCH3 is 1. The van der Waals surface area contributed by atoms with Gasteiger partial charge >= 0.3 is 0 Å². The number of hydrogen-bond acceptors (Lipinski definition) is 3. The van der Waals surface area contributed by atoms with Crippen LogP contribution >= 0.6 is 12.2 Å². The minimum Gasteiger partial charge on any atom is -0.496 e. The van der Waals surface area contributed by atoms with Crippen molar-refractivity contribution in [1.82, 2.24) is 5.32 Å². The van der Waals surface area contributed by atoms with Gasteiger partial charge in [0.2, 0.25) is 0 Å². The van der Waals surface area contributed by atoms with Gasteiger partial charge in [-0.05, 0) is 37.5 Å². The molecule has 0 fully saturated rings. The van der Waals surface area contributed by atoms with Crippen molar-refractivity contribution in [3.05, 3.63) is 29.3 Å². The number of thiocarbonyl (C=S) groups is 1. The maximum atomic E-state index is 11.8. The van der Waals surface area contributed by atoms with Crippen LogP contribution in [0.5, 0.6) is 5.75 Å². The molecule has 1 aromatic rings. The average Bonchev–Trinajstić information content (AvgIpc) is 2.34. The van der Waals surface area contributed by atoms with Crippen molar-refractivity contribution in [2.75, 3.05) is 13.7 Å². The molecule has 0 aliphatic rings. The van der Waals surface area contributed by atoms with Crippen LogP contribution in [-0.2, 0) is 0 Å². The van der Waals surface area contributed by atoms with Crippen LogP contribution in [0.3, 0.4) is 0 Å². The van der Waals surface area contributed by atoms with Crippen LogP contribution in [0, 0.1) is 6.92 Å². The number of benzene rings is 1. The van der Waals surface area contributed by atoms with E-state index in [-0.39, 0.29) is 5.91 Å². The lowest BCUT2D eigenvalue weighted by Crippen LogP contribution is -2.25. The van der Waals surface area contributed by atoms with Gasteiger partial charge in [-0.25, -0.2) is 0 Å². The topological polar surface area (TPSA) is 64.3 Å². The summed E-state index contributed by atoms with van der Waals surface area (Å²) >= 11 is 4.76. The molecule has 0 aliphatic carbocycles. The molecule has 0 radical (unpaired) electrons. The zero-order chi connectivity index (χ0) is 13.5. The van der Waals surface area contributed by atoms with Crippen molar-refractivity contribution in [1.29, 1.82) is 0 Å². The molecule has 0 unspecified atom stereocenters. The monoisotopic (exact) mass is 266 g/mol. The number of nitrogens with one attached hydrogen (secondary N) is 1. The second-order valence-corrected chi connectivity index (χ2v) is 4.53. The zero-order valence-corrected chi connectivity index (χ0v) is 11.5. The average molecular weight is 266 g/mol. The predicted octanol–water partition coefficient (Wildman–Crippen LogP) is 1.80. The Bertz CT molecular complexity index is 447. The summed E-state index contributed by atoms with van der Waals surface area (Å²) in [6, 6.07) is 5.38. The second kappa shape index (κ2) is 6.96. The molecule has 0 saturated heterocycles. The molecule has 0 spiro atoms. The van der Waals surface area contributed by atoms with Gasteiger partial charge in [-0.2, -0.15) is 0 Å². The van der Waals surface area contributed by atoms with E-state index < -0.39 is 0 Å². The van der Waals surface area contributed by atoms with Crippen LogP contribution in [0.25, 0.3) is 0 Å². The van der Waals surface area contributed by atoms with E-state index in [0.717, 1.165) is 12.0 Å². The summed E-state index contributed by atoms with van der Waals surface area (Å²) in [4.78, 5) is 12.3. The van der Waals surface area contributed by atoms with Crippen molar-refractivity contribution in [2.24, 2.45) is 5.73 Å². The largest absolute Gasteiger partial charge is 0.496 e. The summed E-state index contributed by atoms with van der Waals surface area (Å²) in [6.07, 6.45) is 1.40. The highest BCUT2D eigenvalue weighted by atomic mass is 32.1. The fourth-order valence-corrected chi connectivity index (χ4v) is 1.67. The highest BCUT2D eigenvalue weighted by Gasteiger charge is 2.07. The SMILES string of the molecule is COc1cc(C(=O)NCCCC(N)=S)ccc1C. The van der Waals surface area contributed by atoms with E-state index in [1.807, 2.05) is 13.0 Å². The molecule has 1 aromatic carbocycles. The number of ether oxygens (including phenoxy) is 1.